The van der Waals surface area contributed by atoms with Crippen molar-refractivity contribution in [2.24, 2.45) is 0 Å². The highest BCUT2D eigenvalue weighted by molar-refractivity contribution is 5.28. The zero-order valence-corrected chi connectivity index (χ0v) is 12.6. The van der Waals surface area contributed by atoms with E-state index in [0.717, 1.165) is 50.8 Å². The molecule has 1 fully saturated rings. The Morgan fingerprint density at radius 1 is 1.21 bits per heavy atom. The third-order valence-corrected chi connectivity index (χ3v) is 3.64. The van der Waals surface area contributed by atoms with Gasteiger partial charge in [-0.2, -0.15) is 0 Å². The van der Waals surface area contributed by atoms with E-state index in [1.54, 1.807) is 0 Å². The molecule has 1 aromatic heterocycles. The minimum Gasteiger partial charge on any atom is -0.379 e. The first kappa shape index (κ1) is 14.4. The quantitative estimate of drug-likeness (QED) is 0.835. The Balaban J connectivity index is 2.19. The van der Waals surface area contributed by atoms with Crippen LogP contribution in [0.2, 0.25) is 0 Å². The first-order valence-electron chi connectivity index (χ1n) is 7.28. The van der Waals surface area contributed by atoms with E-state index < -0.39 is 0 Å². The molecular formula is C15H25N3O. The number of aryl methyl sites for hydroxylation is 2. The molecule has 0 bridgehead atoms. The molecule has 0 amide bonds. The number of morpholine rings is 1. The van der Waals surface area contributed by atoms with Crippen LogP contribution in [-0.4, -0.2) is 41.2 Å². The molecule has 106 valence electrons. The van der Waals surface area contributed by atoms with Gasteiger partial charge >= 0.3 is 0 Å². The average Bonchev–Trinajstić information content (AvgIpc) is 2.38. The maximum atomic E-state index is 5.37. The van der Waals surface area contributed by atoms with Gasteiger partial charge in [-0.05, 0) is 24.8 Å². The minimum absolute atomic E-state index is 0.493. The predicted molar refractivity (Wildman–Crippen MR) is 76.3 cm³/mol. The van der Waals surface area contributed by atoms with E-state index in [1.165, 1.54) is 11.3 Å². The number of hydrogen-bond acceptors (Lipinski definition) is 4. The Bertz CT molecular complexity index is 426. The monoisotopic (exact) mass is 263 g/mol. The molecule has 4 heteroatoms. The normalized spacial score (nSPS) is 17.1. The molecule has 0 aliphatic carbocycles. The molecule has 1 aliphatic heterocycles. The Morgan fingerprint density at radius 2 is 1.89 bits per heavy atom. The van der Waals surface area contributed by atoms with E-state index >= 15 is 0 Å². The van der Waals surface area contributed by atoms with E-state index in [1.807, 2.05) is 0 Å². The molecule has 0 N–H and O–H groups in total. The molecule has 2 heterocycles. The third kappa shape index (κ3) is 3.51. The maximum Gasteiger partial charge on any atom is 0.142 e. The largest absolute Gasteiger partial charge is 0.379 e. The highest BCUT2D eigenvalue weighted by Crippen LogP contribution is 2.22. The van der Waals surface area contributed by atoms with E-state index in [0.29, 0.717) is 5.92 Å². The van der Waals surface area contributed by atoms with Crippen molar-refractivity contribution in [1.82, 2.24) is 14.9 Å². The SMILES string of the molecule is CCc1nc(CN2CCOCC2)nc(C)c1C(C)C. The van der Waals surface area contributed by atoms with Crippen LogP contribution in [-0.2, 0) is 17.7 Å². The predicted octanol–water partition coefficient (Wildman–Crippen LogP) is 2.30. The van der Waals surface area contributed by atoms with Crippen LogP contribution in [0.25, 0.3) is 0 Å². The summed E-state index contributed by atoms with van der Waals surface area (Å²) in [5, 5.41) is 0. The zero-order chi connectivity index (χ0) is 13.8. The first-order chi connectivity index (χ1) is 9.11. The molecule has 0 radical (unpaired) electrons. The minimum atomic E-state index is 0.493. The lowest BCUT2D eigenvalue weighted by molar-refractivity contribution is 0.0330. The van der Waals surface area contributed by atoms with Crippen molar-refractivity contribution < 1.29 is 4.74 Å². The van der Waals surface area contributed by atoms with Gasteiger partial charge in [0.1, 0.15) is 5.82 Å². The molecule has 0 aromatic carbocycles. The number of rotatable bonds is 4. The van der Waals surface area contributed by atoms with Gasteiger partial charge < -0.3 is 4.74 Å². The summed E-state index contributed by atoms with van der Waals surface area (Å²) in [6.45, 7) is 13.2. The first-order valence-corrected chi connectivity index (χ1v) is 7.28. The standard InChI is InChI=1S/C15H25N3O/c1-5-13-15(11(2)3)12(4)16-14(17-13)10-18-6-8-19-9-7-18/h11H,5-10H2,1-4H3. The fourth-order valence-electron chi connectivity index (χ4n) is 2.75. The van der Waals surface area contributed by atoms with E-state index in [-0.39, 0.29) is 0 Å². The third-order valence-electron chi connectivity index (χ3n) is 3.64. The van der Waals surface area contributed by atoms with Crippen LogP contribution in [0.5, 0.6) is 0 Å². The van der Waals surface area contributed by atoms with Crippen LogP contribution in [0.15, 0.2) is 0 Å². The van der Waals surface area contributed by atoms with Gasteiger partial charge in [0, 0.05) is 24.5 Å². The summed E-state index contributed by atoms with van der Waals surface area (Å²) < 4.78 is 5.37. The molecule has 1 saturated heterocycles. The summed E-state index contributed by atoms with van der Waals surface area (Å²) >= 11 is 0. The lowest BCUT2D eigenvalue weighted by Gasteiger charge is -2.26. The van der Waals surface area contributed by atoms with Crippen molar-refractivity contribution in [1.29, 1.82) is 0 Å². The van der Waals surface area contributed by atoms with Crippen molar-refractivity contribution in [2.75, 3.05) is 26.3 Å². The number of hydrogen-bond donors (Lipinski definition) is 0. The van der Waals surface area contributed by atoms with Crippen LogP contribution in [0.1, 0.15) is 49.5 Å². The molecule has 19 heavy (non-hydrogen) atoms. The summed E-state index contributed by atoms with van der Waals surface area (Å²) in [6.07, 6.45) is 0.979. The zero-order valence-electron chi connectivity index (χ0n) is 12.6. The summed E-state index contributed by atoms with van der Waals surface area (Å²) in [5.41, 5.74) is 3.68. The second-order valence-electron chi connectivity index (χ2n) is 5.48. The van der Waals surface area contributed by atoms with Gasteiger partial charge in [0.05, 0.1) is 19.8 Å². The second-order valence-corrected chi connectivity index (χ2v) is 5.48. The number of ether oxygens (including phenoxy) is 1. The summed E-state index contributed by atoms with van der Waals surface area (Å²) in [5.74, 6) is 1.45. The summed E-state index contributed by atoms with van der Waals surface area (Å²) in [6, 6.07) is 0. The van der Waals surface area contributed by atoms with Crippen molar-refractivity contribution in [2.45, 2.75) is 46.6 Å². The molecule has 4 nitrogen and oxygen atoms in total. The highest BCUT2D eigenvalue weighted by atomic mass is 16.5. The molecule has 0 unspecified atom stereocenters. The lowest BCUT2D eigenvalue weighted by atomic mass is 9.98. The van der Waals surface area contributed by atoms with Crippen LogP contribution < -0.4 is 0 Å². The fraction of sp³-hybridized carbons (Fsp3) is 0.733. The Labute approximate surface area is 116 Å². The van der Waals surface area contributed by atoms with Gasteiger partial charge in [0.15, 0.2) is 0 Å². The molecule has 2 rings (SSSR count). The highest BCUT2D eigenvalue weighted by Gasteiger charge is 2.16. The van der Waals surface area contributed by atoms with E-state index in [4.69, 9.17) is 14.7 Å². The number of aromatic nitrogens is 2. The maximum absolute atomic E-state index is 5.37. The number of nitrogens with zero attached hydrogens (tertiary/aromatic N) is 3. The molecule has 1 aromatic rings. The second kappa shape index (κ2) is 6.44. The van der Waals surface area contributed by atoms with E-state index in [2.05, 4.69) is 32.6 Å². The Hall–Kier alpha value is -1.00. The fourth-order valence-corrected chi connectivity index (χ4v) is 2.75. The lowest BCUT2D eigenvalue weighted by Crippen LogP contribution is -2.36. The smallest absolute Gasteiger partial charge is 0.142 e. The average molecular weight is 263 g/mol. The van der Waals surface area contributed by atoms with Crippen molar-refractivity contribution in [3.05, 3.63) is 22.8 Å². The molecule has 0 saturated carbocycles. The van der Waals surface area contributed by atoms with Crippen LogP contribution in [0.3, 0.4) is 0 Å². The van der Waals surface area contributed by atoms with Crippen molar-refractivity contribution >= 4 is 0 Å². The van der Waals surface area contributed by atoms with Crippen LogP contribution >= 0.6 is 0 Å². The van der Waals surface area contributed by atoms with Gasteiger partial charge in [0.2, 0.25) is 0 Å². The van der Waals surface area contributed by atoms with Crippen LogP contribution in [0.4, 0.5) is 0 Å². The van der Waals surface area contributed by atoms with Crippen molar-refractivity contribution in [3.63, 3.8) is 0 Å². The molecular weight excluding hydrogens is 238 g/mol. The van der Waals surface area contributed by atoms with E-state index in [9.17, 15) is 0 Å². The molecule has 0 atom stereocenters. The molecule has 1 aliphatic rings. The molecule has 0 spiro atoms. The van der Waals surface area contributed by atoms with Gasteiger partial charge in [-0.3, -0.25) is 4.90 Å². The van der Waals surface area contributed by atoms with Crippen molar-refractivity contribution in [3.8, 4) is 0 Å². The Kier molecular flexibility index (Phi) is 4.88. The summed E-state index contributed by atoms with van der Waals surface area (Å²) in [4.78, 5) is 11.8. The Morgan fingerprint density at radius 3 is 2.47 bits per heavy atom. The van der Waals surface area contributed by atoms with Gasteiger partial charge in [-0.15, -0.1) is 0 Å². The van der Waals surface area contributed by atoms with Gasteiger partial charge in [0.25, 0.3) is 0 Å². The van der Waals surface area contributed by atoms with Crippen LogP contribution in [0, 0.1) is 6.92 Å². The van der Waals surface area contributed by atoms with Gasteiger partial charge in [-0.25, -0.2) is 9.97 Å². The topological polar surface area (TPSA) is 38.2 Å². The summed E-state index contributed by atoms with van der Waals surface area (Å²) in [7, 11) is 0. The van der Waals surface area contributed by atoms with Gasteiger partial charge in [-0.1, -0.05) is 20.8 Å².